The van der Waals surface area contributed by atoms with Crippen LogP contribution in [0.25, 0.3) is 10.9 Å². The van der Waals surface area contributed by atoms with Gasteiger partial charge in [0, 0.05) is 47.3 Å². The van der Waals surface area contributed by atoms with Crippen molar-refractivity contribution in [2.75, 3.05) is 24.5 Å². The number of hydrogen-bond donors (Lipinski definition) is 1. The lowest BCUT2D eigenvalue weighted by atomic mass is 9.92. The Labute approximate surface area is 266 Å². The van der Waals surface area contributed by atoms with Crippen molar-refractivity contribution in [3.63, 3.8) is 0 Å². The fourth-order valence-electron chi connectivity index (χ4n) is 5.46. The number of esters is 1. The van der Waals surface area contributed by atoms with Gasteiger partial charge in [-0.25, -0.2) is 13.8 Å². The van der Waals surface area contributed by atoms with E-state index in [1.165, 1.54) is 23.1 Å². The second-order valence-electron chi connectivity index (χ2n) is 12.1. The summed E-state index contributed by atoms with van der Waals surface area (Å²) in [7, 11) is 0. The number of halogens is 6. The van der Waals surface area contributed by atoms with Gasteiger partial charge in [0.2, 0.25) is 0 Å². The number of fused-ring (bicyclic) bond motifs is 1. The first-order valence-corrected chi connectivity index (χ1v) is 15.3. The van der Waals surface area contributed by atoms with Gasteiger partial charge in [-0.2, -0.15) is 0 Å². The molecule has 0 saturated carbocycles. The fraction of sp³-hybridized carbons (Fsp3) is 0.469. The number of nitrogens with one attached hydrogen (secondary N) is 1. The summed E-state index contributed by atoms with van der Waals surface area (Å²) in [4.78, 5) is 32.5. The Morgan fingerprint density at radius 3 is 2.51 bits per heavy atom. The first-order valence-electron chi connectivity index (χ1n) is 14.5. The normalized spacial score (nSPS) is 15.9. The zero-order valence-electron chi connectivity index (χ0n) is 25.4. The number of amides is 1. The summed E-state index contributed by atoms with van der Waals surface area (Å²) < 4.78 is 78.8. The first kappa shape index (κ1) is 34.4. The SMILES string of the molecule is Cc1c(N2CCCC(F)(F)C2)nc2ccc(Br)cc2c1C(=O)NCC(CCC(=O)OC(C)(C)C)c1ccccc1OC(F)(F)F. The van der Waals surface area contributed by atoms with Gasteiger partial charge in [-0.05, 0) is 70.4 Å². The predicted molar refractivity (Wildman–Crippen MR) is 164 cm³/mol. The molecule has 1 aliphatic heterocycles. The van der Waals surface area contributed by atoms with E-state index >= 15 is 0 Å². The molecule has 1 fully saturated rings. The largest absolute Gasteiger partial charge is 0.573 e. The molecule has 1 N–H and O–H groups in total. The van der Waals surface area contributed by atoms with Crippen molar-refractivity contribution < 1.29 is 41.0 Å². The van der Waals surface area contributed by atoms with Crippen LogP contribution in [-0.2, 0) is 9.53 Å². The number of carbonyl (C=O) groups is 2. The van der Waals surface area contributed by atoms with Crippen LogP contribution in [0, 0.1) is 6.92 Å². The number of para-hydroxylation sites is 1. The number of benzene rings is 2. The monoisotopic (exact) mass is 699 g/mol. The molecule has 0 spiro atoms. The molecule has 13 heteroatoms. The molecule has 244 valence electrons. The zero-order valence-corrected chi connectivity index (χ0v) is 26.9. The molecular formula is C32H35BrF5N3O4. The van der Waals surface area contributed by atoms with E-state index < -0.39 is 48.0 Å². The molecule has 2 heterocycles. The zero-order chi connectivity index (χ0) is 33.2. The van der Waals surface area contributed by atoms with E-state index in [4.69, 9.17) is 4.74 Å². The van der Waals surface area contributed by atoms with Crippen LogP contribution in [0.5, 0.6) is 5.75 Å². The molecule has 1 atom stereocenters. The third-order valence-electron chi connectivity index (χ3n) is 7.29. The van der Waals surface area contributed by atoms with Crippen molar-refractivity contribution in [1.29, 1.82) is 0 Å². The van der Waals surface area contributed by atoms with Gasteiger partial charge in [-0.3, -0.25) is 9.59 Å². The summed E-state index contributed by atoms with van der Waals surface area (Å²) in [5, 5.41) is 3.29. The number of alkyl halides is 5. The Morgan fingerprint density at radius 2 is 1.84 bits per heavy atom. The van der Waals surface area contributed by atoms with Crippen LogP contribution >= 0.6 is 15.9 Å². The average Bonchev–Trinajstić information content (AvgIpc) is 2.91. The lowest BCUT2D eigenvalue weighted by Crippen LogP contribution is -2.43. The molecule has 1 amide bonds. The van der Waals surface area contributed by atoms with Gasteiger partial charge in [-0.15, -0.1) is 13.2 Å². The maximum Gasteiger partial charge on any atom is 0.573 e. The van der Waals surface area contributed by atoms with Crippen molar-refractivity contribution in [1.82, 2.24) is 10.3 Å². The van der Waals surface area contributed by atoms with Gasteiger partial charge in [0.05, 0.1) is 17.6 Å². The molecule has 0 bridgehead atoms. The van der Waals surface area contributed by atoms with E-state index in [2.05, 4.69) is 31.0 Å². The summed E-state index contributed by atoms with van der Waals surface area (Å²) in [6, 6.07) is 10.7. The summed E-state index contributed by atoms with van der Waals surface area (Å²) in [6.07, 6.45) is -5.02. The van der Waals surface area contributed by atoms with Gasteiger partial charge in [-0.1, -0.05) is 34.1 Å². The summed E-state index contributed by atoms with van der Waals surface area (Å²) in [5.41, 5.74) is 0.400. The van der Waals surface area contributed by atoms with Gasteiger partial charge < -0.3 is 19.7 Å². The highest BCUT2D eigenvalue weighted by Crippen LogP contribution is 2.36. The third kappa shape index (κ3) is 9.27. The third-order valence-corrected chi connectivity index (χ3v) is 7.79. The van der Waals surface area contributed by atoms with E-state index in [1.807, 2.05) is 0 Å². The first-order chi connectivity index (χ1) is 20.9. The minimum absolute atomic E-state index is 0.0448. The van der Waals surface area contributed by atoms with Gasteiger partial charge >= 0.3 is 12.3 Å². The van der Waals surface area contributed by atoms with Gasteiger partial charge in [0.1, 0.15) is 17.2 Å². The Kier molecular flexibility index (Phi) is 10.3. The lowest BCUT2D eigenvalue weighted by Gasteiger charge is -2.34. The number of rotatable bonds is 9. The molecule has 1 unspecified atom stereocenters. The molecule has 1 aliphatic rings. The Bertz CT molecular complexity index is 1560. The fourth-order valence-corrected chi connectivity index (χ4v) is 5.82. The molecule has 2 aromatic carbocycles. The number of aromatic nitrogens is 1. The van der Waals surface area contributed by atoms with Crippen LogP contribution in [0.2, 0.25) is 0 Å². The van der Waals surface area contributed by atoms with Crippen LogP contribution in [0.4, 0.5) is 27.8 Å². The number of piperidine rings is 1. The van der Waals surface area contributed by atoms with Crippen molar-refractivity contribution in [2.45, 2.75) is 77.2 Å². The van der Waals surface area contributed by atoms with E-state index in [0.717, 1.165) is 0 Å². The van der Waals surface area contributed by atoms with Crippen LogP contribution in [-0.4, -0.2) is 54.4 Å². The van der Waals surface area contributed by atoms with Gasteiger partial charge in [0.15, 0.2) is 0 Å². The Hall–Kier alpha value is -3.48. The number of pyridine rings is 1. The molecule has 45 heavy (non-hydrogen) atoms. The van der Waals surface area contributed by atoms with Crippen molar-refractivity contribution in [2.24, 2.45) is 0 Å². The summed E-state index contributed by atoms with van der Waals surface area (Å²) in [5.74, 6) is -4.98. The molecule has 4 rings (SSSR count). The predicted octanol–water partition coefficient (Wildman–Crippen LogP) is 8.08. The number of carbonyl (C=O) groups excluding carboxylic acids is 2. The van der Waals surface area contributed by atoms with E-state index in [0.29, 0.717) is 27.5 Å². The molecule has 3 aromatic rings. The van der Waals surface area contributed by atoms with Crippen molar-refractivity contribution in [3.05, 3.63) is 63.6 Å². The minimum Gasteiger partial charge on any atom is -0.460 e. The number of anilines is 1. The van der Waals surface area contributed by atoms with Crippen LogP contribution in [0.15, 0.2) is 46.9 Å². The second-order valence-corrected chi connectivity index (χ2v) is 13.0. The number of hydrogen-bond acceptors (Lipinski definition) is 6. The highest BCUT2D eigenvalue weighted by molar-refractivity contribution is 9.10. The molecule has 7 nitrogen and oxygen atoms in total. The highest BCUT2D eigenvalue weighted by atomic mass is 79.9. The van der Waals surface area contributed by atoms with E-state index in [9.17, 15) is 31.5 Å². The maximum absolute atomic E-state index is 14.4. The topological polar surface area (TPSA) is 80.8 Å². The molecule has 1 aromatic heterocycles. The van der Waals surface area contributed by atoms with E-state index in [1.54, 1.807) is 52.0 Å². The maximum atomic E-state index is 14.4. The molecule has 0 aliphatic carbocycles. The molecule has 1 saturated heterocycles. The number of ether oxygens (including phenoxy) is 2. The number of nitrogens with zero attached hydrogens (tertiary/aromatic N) is 2. The highest BCUT2D eigenvalue weighted by Gasteiger charge is 2.37. The molecule has 0 radical (unpaired) electrons. The summed E-state index contributed by atoms with van der Waals surface area (Å²) >= 11 is 3.41. The minimum atomic E-state index is -4.96. The van der Waals surface area contributed by atoms with Crippen LogP contribution < -0.4 is 15.0 Å². The van der Waals surface area contributed by atoms with E-state index in [-0.39, 0.29) is 49.2 Å². The smallest absolute Gasteiger partial charge is 0.460 e. The molecular weight excluding hydrogens is 665 g/mol. The summed E-state index contributed by atoms with van der Waals surface area (Å²) in [6.45, 7) is 6.39. The van der Waals surface area contributed by atoms with Crippen molar-refractivity contribution in [3.8, 4) is 5.75 Å². The van der Waals surface area contributed by atoms with Crippen LogP contribution in [0.3, 0.4) is 0 Å². The quantitative estimate of drug-likeness (QED) is 0.180. The Balaban J connectivity index is 1.68. The second kappa shape index (κ2) is 13.5. The van der Waals surface area contributed by atoms with Crippen molar-refractivity contribution >= 4 is 44.5 Å². The van der Waals surface area contributed by atoms with Gasteiger partial charge in [0.25, 0.3) is 11.8 Å². The standard InChI is InChI=1S/C32H35BrF5N3O4/c1-19-27(23-16-21(33)11-12-24(23)40-28(19)41-15-7-14-31(34,35)18-41)29(43)39-17-20(10-13-26(42)45-30(2,3)4)22-8-5-6-9-25(22)44-32(36,37)38/h5-6,8-9,11-12,16,20H,7,10,13-15,17-18H2,1-4H3,(H,39,43). The lowest BCUT2D eigenvalue weighted by molar-refractivity contribution is -0.275. The average molecular weight is 701 g/mol. The Morgan fingerprint density at radius 1 is 1.13 bits per heavy atom. The van der Waals surface area contributed by atoms with Crippen LogP contribution in [0.1, 0.15) is 73.9 Å².